The first-order valence-corrected chi connectivity index (χ1v) is 6.54. The summed E-state index contributed by atoms with van der Waals surface area (Å²) in [5.74, 6) is -0.392. The molecule has 0 aliphatic carbocycles. The van der Waals surface area contributed by atoms with Gasteiger partial charge < -0.3 is 4.90 Å². The number of nitriles is 1. The normalized spacial score (nSPS) is 10.0. The summed E-state index contributed by atoms with van der Waals surface area (Å²) < 4.78 is 14.1. The number of halogens is 2. The molecule has 0 amide bonds. The van der Waals surface area contributed by atoms with Crippen molar-refractivity contribution in [1.82, 2.24) is 0 Å². The van der Waals surface area contributed by atoms with E-state index in [0.717, 1.165) is 15.7 Å². The van der Waals surface area contributed by atoms with E-state index in [1.807, 2.05) is 42.3 Å². The monoisotopic (exact) mass is 318 g/mol. The molecule has 0 aliphatic rings. The molecule has 2 nitrogen and oxygen atoms in total. The molecule has 0 atom stereocenters. The van der Waals surface area contributed by atoms with Gasteiger partial charge in [0.15, 0.2) is 0 Å². The first kappa shape index (κ1) is 13.6. The SMILES string of the molecule is CN(Cc1cccc(Br)c1)c1ccc(F)cc1C#N. The lowest BCUT2D eigenvalue weighted by Crippen LogP contribution is -2.17. The molecule has 0 aromatic heterocycles. The maximum absolute atomic E-state index is 13.1. The summed E-state index contributed by atoms with van der Waals surface area (Å²) in [7, 11) is 1.88. The van der Waals surface area contributed by atoms with Gasteiger partial charge >= 0.3 is 0 Å². The van der Waals surface area contributed by atoms with Gasteiger partial charge in [-0.3, -0.25) is 0 Å². The van der Waals surface area contributed by atoms with E-state index in [4.69, 9.17) is 5.26 Å². The molecule has 0 unspecified atom stereocenters. The minimum absolute atomic E-state index is 0.345. The van der Waals surface area contributed by atoms with Gasteiger partial charge in [-0.15, -0.1) is 0 Å². The third-order valence-electron chi connectivity index (χ3n) is 2.80. The van der Waals surface area contributed by atoms with Crippen molar-refractivity contribution in [3.8, 4) is 6.07 Å². The quantitative estimate of drug-likeness (QED) is 0.852. The average molecular weight is 319 g/mol. The molecule has 0 saturated heterocycles. The largest absolute Gasteiger partial charge is 0.369 e. The van der Waals surface area contributed by atoms with Gasteiger partial charge in [-0.25, -0.2) is 4.39 Å². The van der Waals surface area contributed by atoms with Crippen LogP contribution < -0.4 is 4.90 Å². The van der Waals surface area contributed by atoms with Crippen LogP contribution in [0.4, 0.5) is 10.1 Å². The van der Waals surface area contributed by atoms with Crippen molar-refractivity contribution in [1.29, 1.82) is 5.26 Å². The van der Waals surface area contributed by atoms with Crippen molar-refractivity contribution in [2.75, 3.05) is 11.9 Å². The minimum atomic E-state index is -0.392. The van der Waals surface area contributed by atoms with E-state index >= 15 is 0 Å². The minimum Gasteiger partial charge on any atom is -0.369 e. The van der Waals surface area contributed by atoms with Gasteiger partial charge in [-0.2, -0.15) is 5.26 Å². The zero-order chi connectivity index (χ0) is 13.8. The van der Waals surface area contributed by atoms with Crippen LogP contribution >= 0.6 is 15.9 Å². The molecule has 0 fully saturated rings. The fourth-order valence-corrected chi connectivity index (χ4v) is 2.37. The topological polar surface area (TPSA) is 27.0 Å². The van der Waals surface area contributed by atoms with Crippen LogP contribution in [-0.4, -0.2) is 7.05 Å². The number of hydrogen-bond acceptors (Lipinski definition) is 2. The summed E-state index contributed by atoms with van der Waals surface area (Å²) in [4.78, 5) is 1.93. The molecule has 96 valence electrons. The average Bonchev–Trinajstić information content (AvgIpc) is 2.38. The van der Waals surface area contributed by atoms with Crippen LogP contribution in [0.15, 0.2) is 46.9 Å². The lowest BCUT2D eigenvalue weighted by atomic mass is 10.1. The third kappa shape index (κ3) is 3.33. The van der Waals surface area contributed by atoms with Crippen LogP contribution in [-0.2, 0) is 6.54 Å². The predicted molar refractivity (Wildman–Crippen MR) is 77.4 cm³/mol. The molecule has 19 heavy (non-hydrogen) atoms. The first-order chi connectivity index (χ1) is 9.10. The zero-order valence-electron chi connectivity index (χ0n) is 10.4. The lowest BCUT2D eigenvalue weighted by molar-refractivity contribution is 0.627. The summed E-state index contributed by atoms with van der Waals surface area (Å²) in [5.41, 5.74) is 2.19. The Kier molecular flexibility index (Phi) is 4.18. The van der Waals surface area contributed by atoms with Crippen LogP contribution in [0.3, 0.4) is 0 Å². The standard InChI is InChI=1S/C15H12BrFN2/c1-19(10-11-3-2-4-13(16)7-11)15-6-5-14(17)8-12(15)9-18/h2-8H,10H2,1H3. The summed E-state index contributed by atoms with van der Waals surface area (Å²) in [6.45, 7) is 0.653. The fourth-order valence-electron chi connectivity index (χ4n) is 1.93. The van der Waals surface area contributed by atoms with Crippen LogP contribution in [0.1, 0.15) is 11.1 Å². The molecule has 0 bridgehead atoms. The molecule has 0 aliphatic heterocycles. The molecular formula is C15H12BrFN2. The first-order valence-electron chi connectivity index (χ1n) is 5.75. The summed E-state index contributed by atoms with van der Waals surface area (Å²) in [6, 6.07) is 14.2. The van der Waals surface area contributed by atoms with Crippen LogP contribution in [0.5, 0.6) is 0 Å². The maximum Gasteiger partial charge on any atom is 0.124 e. The van der Waals surface area contributed by atoms with Crippen molar-refractivity contribution in [2.45, 2.75) is 6.54 Å². The van der Waals surface area contributed by atoms with Gasteiger partial charge in [0.25, 0.3) is 0 Å². The molecule has 0 spiro atoms. The summed E-state index contributed by atoms with van der Waals surface area (Å²) in [6.07, 6.45) is 0. The van der Waals surface area contributed by atoms with Gasteiger partial charge in [0.05, 0.1) is 11.3 Å². The Balaban J connectivity index is 2.25. The van der Waals surface area contributed by atoms with Gasteiger partial charge in [0.1, 0.15) is 11.9 Å². The molecule has 2 aromatic rings. The van der Waals surface area contributed by atoms with E-state index in [-0.39, 0.29) is 0 Å². The number of anilines is 1. The third-order valence-corrected chi connectivity index (χ3v) is 3.29. The Bertz CT molecular complexity index is 634. The summed E-state index contributed by atoms with van der Waals surface area (Å²) in [5, 5.41) is 9.05. The van der Waals surface area contributed by atoms with Crippen molar-refractivity contribution < 1.29 is 4.39 Å². The molecule has 0 N–H and O–H groups in total. The highest BCUT2D eigenvalue weighted by atomic mass is 79.9. The van der Waals surface area contributed by atoms with E-state index < -0.39 is 5.82 Å². The van der Waals surface area contributed by atoms with Gasteiger partial charge in [0.2, 0.25) is 0 Å². The molecule has 0 saturated carbocycles. The Labute approximate surface area is 120 Å². The van der Waals surface area contributed by atoms with Crippen molar-refractivity contribution >= 4 is 21.6 Å². The zero-order valence-corrected chi connectivity index (χ0v) is 12.0. The highest BCUT2D eigenvalue weighted by Crippen LogP contribution is 2.22. The van der Waals surface area contributed by atoms with E-state index in [9.17, 15) is 4.39 Å². The fraction of sp³-hybridized carbons (Fsp3) is 0.133. The number of hydrogen-bond donors (Lipinski definition) is 0. The Morgan fingerprint density at radius 1 is 1.26 bits per heavy atom. The van der Waals surface area contributed by atoms with Crippen LogP contribution in [0.2, 0.25) is 0 Å². The van der Waals surface area contributed by atoms with Gasteiger partial charge in [-0.1, -0.05) is 28.1 Å². The predicted octanol–water partition coefficient (Wildman–Crippen LogP) is 4.10. The number of benzene rings is 2. The van der Waals surface area contributed by atoms with Gasteiger partial charge in [-0.05, 0) is 35.9 Å². The van der Waals surface area contributed by atoms with Crippen molar-refractivity contribution in [3.63, 3.8) is 0 Å². The van der Waals surface area contributed by atoms with E-state index in [2.05, 4.69) is 15.9 Å². The highest BCUT2D eigenvalue weighted by Gasteiger charge is 2.09. The summed E-state index contributed by atoms with van der Waals surface area (Å²) >= 11 is 3.43. The Hall–Kier alpha value is -1.86. The second kappa shape index (κ2) is 5.85. The van der Waals surface area contributed by atoms with E-state index in [1.165, 1.54) is 12.1 Å². The van der Waals surface area contributed by atoms with Gasteiger partial charge in [0, 0.05) is 18.1 Å². The molecular weight excluding hydrogens is 307 g/mol. The molecule has 2 aromatic carbocycles. The van der Waals surface area contributed by atoms with Crippen molar-refractivity contribution in [3.05, 3.63) is 63.9 Å². The molecule has 4 heteroatoms. The van der Waals surface area contributed by atoms with Crippen molar-refractivity contribution in [2.24, 2.45) is 0 Å². The Morgan fingerprint density at radius 2 is 2.05 bits per heavy atom. The smallest absolute Gasteiger partial charge is 0.124 e. The van der Waals surface area contributed by atoms with Crippen LogP contribution in [0, 0.1) is 17.1 Å². The lowest BCUT2D eigenvalue weighted by Gasteiger charge is -2.20. The Morgan fingerprint density at radius 3 is 2.74 bits per heavy atom. The molecule has 0 radical (unpaired) electrons. The van der Waals surface area contributed by atoms with E-state index in [1.54, 1.807) is 6.07 Å². The van der Waals surface area contributed by atoms with Crippen LogP contribution in [0.25, 0.3) is 0 Å². The molecule has 0 heterocycles. The van der Waals surface area contributed by atoms with E-state index in [0.29, 0.717) is 12.1 Å². The second-order valence-electron chi connectivity index (χ2n) is 4.26. The maximum atomic E-state index is 13.1. The number of nitrogens with zero attached hydrogens (tertiary/aromatic N) is 2. The molecule has 2 rings (SSSR count). The second-order valence-corrected chi connectivity index (χ2v) is 5.17. The highest BCUT2D eigenvalue weighted by molar-refractivity contribution is 9.10. The number of rotatable bonds is 3.